The second-order valence-electron chi connectivity index (χ2n) is 7.48. The number of alkyl halides is 3. The lowest BCUT2D eigenvalue weighted by atomic mass is 10.1. The van der Waals surface area contributed by atoms with E-state index in [-0.39, 0.29) is 24.5 Å². The summed E-state index contributed by atoms with van der Waals surface area (Å²) < 4.78 is 39.1. The molecule has 11 heteroatoms. The van der Waals surface area contributed by atoms with Crippen molar-refractivity contribution in [2.24, 2.45) is 0 Å². The summed E-state index contributed by atoms with van der Waals surface area (Å²) >= 11 is 5.90. The van der Waals surface area contributed by atoms with Crippen LogP contribution in [-0.2, 0) is 11.0 Å². The Morgan fingerprint density at radius 1 is 1.00 bits per heavy atom. The summed E-state index contributed by atoms with van der Waals surface area (Å²) in [5, 5.41) is 0.932. The zero-order valence-corrected chi connectivity index (χ0v) is 17.1. The summed E-state index contributed by atoms with van der Waals surface area (Å²) in [4.78, 5) is 38.4. The van der Waals surface area contributed by atoms with E-state index in [2.05, 4.69) is 9.97 Å². The lowest BCUT2D eigenvalue weighted by Crippen LogP contribution is -2.53. The number of aromatic nitrogens is 2. The van der Waals surface area contributed by atoms with Gasteiger partial charge in [0, 0.05) is 36.2 Å². The predicted molar refractivity (Wildman–Crippen MR) is 112 cm³/mol. The molecule has 32 heavy (non-hydrogen) atoms. The molecule has 3 amide bonds. The average molecular weight is 462 g/mol. The number of carbonyl (C=O) groups is 2. The number of anilines is 2. The predicted octanol–water partition coefficient (Wildman–Crippen LogP) is 3.96. The van der Waals surface area contributed by atoms with Crippen LogP contribution in [0.4, 0.5) is 29.5 Å². The van der Waals surface area contributed by atoms with Crippen molar-refractivity contribution in [2.45, 2.75) is 12.2 Å². The molecule has 1 aromatic carbocycles. The van der Waals surface area contributed by atoms with Crippen molar-refractivity contribution < 1.29 is 22.8 Å². The number of nitrogens with zero attached hydrogens (tertiary/aromatic N) is 5. The monoisotopic (exact) mass is 461 g/mol. The van der Waals surface area contributed by atoms with Crippen molar-refractivity contribution >= 4 is 45.9 Å². The van der Waals surface area contributed by atoms with E-state index in [1.165, 1.54) is 23.2 Å². The summed E-state index contributed by atoms with van der Waals surface area (Å²) in [6.07, 6.45) is -3.16. The van der Waals surface area contributed by atoms with Gasteiger partial charge in [0.05, 0.1) is 11.2 Å². The standard InChI is InChI=1S/C21H15ClF3N5O2/c22-12-1-3-13(4-2-12)30-19(31)16-11-28(9-10-29(16)20(30)32)18-14-5-6-17(21(23,24)25)27-15(14)7-8-26-18/h1-8,16H,9-11H2. The van der Waals surface area contributed by atoms with Crippen LogP contribution >= 0.6 is 11.6 Å². The van der Waals surface area contributed by atoms with E-state index < -0.39 is 23.9 Å². The highest BCUT2D eigenvalue weighted by molar-refractivity contribution is 6.30. The van der Waals surface area contributed by atoms with E-state index in [1.807, 2.05) is 0 Å². The Labute approximate surface area is 185 Å². The van der Waals surface area contributed by atoms with Crippen LogP contribution in [0.25, 0.3) is 10.9 Å². The first-order valence-corrected chi connectivity index (χ1v) is 10.1. The van der Waals surface area contributed by atoms with Crippen molar-refractivity contribution in [3.63, 3.8) is 0 Å². The topological polar surface area (TPSA) is 69.6 Å². The van der Waals surface area contributed by atoms with Crippen LogP contribution in [0, 0.1) is 0 Å². The molecule has 4 heterocycles. The van der Waals surface area contributed by atoms with Crippen molar-refractivity contribution in [3.05, 3.63) is 59.4 Å². The number of rotatable bonds is 2. The molecule has 0 bridgehead atoms. The number of piperazine rings is 1. The van der Waals surface area contributed by atoms with Gasteiger partial charge in [-0.2, -0.15) is 13.2 Å². The first-order valence-electron chi connectivity index (χ1n) is 9.72. The van der Waals surface area contributed by atoms with Gasteiger partial charge in [-0.05, 0) is 42.5 Å². The molecule has 0 spiro atoms. The lowest BCUT2D eigenvalue weighted by molar-refractivity contribution is -0.141. The molecule has 7 nitrogen and oxygen atoms in total. The van der Waals surface area contributed by atoms with E-state index >= 15 is 0 Å². The van der Waals surface area contributed by atoms with Crippen LogP contribution < -0.4 is 9.80 Å². The smallest absolute Gasteiger partial charge is 0.352 e. The molecule has 1 unspecified atom stereocenters. The fraction of sp³-hybridized carbons (Fsp3) is 0.238. The van der Waals surface area contributed by atoms with Crippen LogP contribution in [0.2, 0.25) is 5.02 Å². The second-order valence-corrected chi connectivity index (χ2v) is 7.92. The van der Waals surface area contributed by atoms with Crippen LogP contribution in [0.1, 0.15) is 5.69 Å². The van der Waals surface area contributed by atoms with Crippen LogP contribution in [-0.4, -0.2) is 52.5 Å². The second kappa shape index (κ2) is 7.33. The first kappa shape index (κ1) is 20.5. The average Bonchev–Trinajstić information content (AvgIpc) is 3.02. The number of hydrogen-bond acceptors (Lipinski definition) is 5. The minimum absolute atomic E-state index is 0.156. The largest absolute Gasteiger partial charge is 0.433 e. The minimum atomic E-state index is -4.55. The normalized spacial score (nSPS) is 19.1. The van der Waals surface area contributed by atoms with Crippen LogP contribution in [0.15, 0.2) is 48.7 Å². The number of urea groups is 1. The van der Waals surface area contributed by atoms with Gasteiger partial charge in [-0.3, -0.25) is 4.79 Å². The number of fused-ring (bicyclic) bond motifs is 2. The lowest BCUT2D eigenvalue weighted by Gasteiger charge is -2.36. The Morgan fingerprint density at radius 2 is 1.75 bits per heavy atom. The maximum Gasteiger partial charge on any atom is 0.433 e. The summed E-state index contributed by atoms with van der Waals surface area (Å²) in [6, 6.07) is 8.92. The molecule has 2 fully saturated rings. The molecular weight excluding hydrogens is 447 g/mol. The van der Waals surface area contributed by atoms with Gasteiger partial charge in [-0.1, -0.05) is 11.6 Å². The van der Waals surface area contributed by atoms with Gasteiger partial charge in [0.25, 0.3) is 5.91 Å². The molecule has 164 valence electrons. The fourth-order valence-corrected chi connectivity index (χ4v) is 4.19. The fourth-order valence-electron chi connectivity index (χ4n) is 4.06. The molecule has 2 aliphatic rings. The van der Waals surface area contributed by atoms with E-state index in [4.69, 9.17) is 11.6 Å². The summed E-state index contributed by atoms with van der Waals surface area (Å²) in [7, 11) is 0. The summed E-state index contributed by atoms with van der Waals surface area (Å²) in [6.45, 7) is 0.810. The number of imide groups is 1. The van der Waals surface area contributed by atoms with E-state index in [0.717, 1.165) is 11.0 Å². The first-order chi connectivity index (χ1) is 15.2. The third kappa shape index (κ3) is 3.31. The highest BCUT2D eigenvalue weighted by Crippen LogP contribution is 2.33. The Morgan fingerprint density at radius 3 is 2.47 bits per heavy atom. The van der Waals surface area contributed by atoms with Gasteiger partial charge in [0.2, 0.25) is 0 Å². The zero-order valence-electron chi connectivity index (χ0n) is 16.4. The Hall–Kier alpha value is -3.40. The number of pyridine rings is 2. The van der Waals surface area contributed by atoms with Crippen LogP contribution in [0.3, 0.4) is 0 Å². The molecule has 2 aromatic heterocycles. The number of benzene rings is 1. The molecule has 2 aliphatic heterocycles. The zero-order chi connectivity index (χ0) is 22.6. The highest BCUT2D eigenvalue weighted by Gasteiger charge is 2.48. The molecule has 0 aliphatic carbocycles. The molecule has 0 N–H and O–H groups in total. The molecule has 0 radical (unpaired) electrons. The van der Waals surface area contributed by atoms with Gasteiger partial charge in [0.15, 0.2) is 0 Å². The number of amides is 3. The molecule has 0 saturated carbocycles. The summed E-state index contributed by atoms with van der Waals surface area (Å²) in [5.74, 6) is 0.0494. The van der Waals surface area contributed by atoms with E-state index in [0.29, 0.717) is 28.5 Å². The Kier molecular flexibility index (Phi) is 4.70. The Bertz CT molecular complexity index is 1230. The van der Waals surface area contributed by atoms with Crippen molar-refractivity contribution in [1.29, 1.82) is 0 Å². The quantitative estimate of drug-likeness (QED) is 0.540. The van der Waals surface area contributed by atoms with Gasteiger partial charge in [0.1, 0.15) is 17.6 Å². The number of hydrogen-bond donors (Lipinski definition) is 0. The van der Waals surface area contributed by atoms with Crippen LogP contribution in [0.5, 0.6) is 0 Å². The van der Waals surface area contributed by atoms with Crippen molar-refractivity contribution in [2.75, 3.05) is 29.4 Å². The molecule has 3 aromatic rings. The highest BCUT2D eigenvalue weighted by atomic mass is 35.5. The maximum atomic E-state index is 13.1. The number of carbonyl (C=O) groups excluding carboxylic acids is 2. The SMILES string of the molecule is O=C1C2CN(c3nccc4nc(C(F)(F)F)ccc34)CCN2C(=O)N1c1ccc(Cl)cc1. The van der Waals surface area contributed by atoms with Gasteiger partial charge >= 0.3 is 12.2 Å². The molecule has 1 atom stereocenters. The third-order valence-corrected chi connectivity index (χ3v) is 5.84. The van der Waals surface area contributed by atoms with Crippen molar-refractivity contribution in [3.8, 4) is 0 Å². The molecule has 2 saturated heterocycles. The molecular formula is C21H15ClF3N5O2. The maximum absolute atomic E-state index is 13.1. The van der Waals surface area contributed by atoms with Gasteiger partial charge in [-0.25, -0.2) is 19.7 Å². The molecule has 5 rings (SSSR count). The van der Waals surface area contributed by atoms with E-state index in [1.54, 1.807) is 29.2 Å². The van der Waals surface area contributed by atoms with E-state index in [9.17, 15) is 22.8 Å². The van der Waals surface area contributed by atoms with Crippen molar-refractivity contribution in [1.82, 2.24) is 14.9 Å². The summed E-state index contributed by atoms with van der Waals surface area (Å²) in [5.41, 5.74) is -0.400. The van der Waals surface area contributed by atoms with Gasteiger partial charge < -0.3 is 9.80 Å². The number of halogens is 4. The van der Waals surface area contributed by atoms with Gasteiger partial charge in [-0.15, -0.1) is 0 Å². The third-order valence-electron chi connectivity index (χ3n) is 5.59. The Balaban J connectivity index is 1.45. The minimum Gasteiger partial charge on any atom is -0.352 e.